The summed E-state index contributed by atoms with van der Waals surface area (Å²) >= 11 is 1.32. The lowest BCUT2D eigenvalue weighted by Gasteiger charge is -2.15. The zero-order chi connectivity index (χ0) is 12.2. The Bertz CT molecular complexity index is 418. The molecule has 1 aromatic heterocycles. The van der Waals surface area contributed by atoms with E-state index in [-0.39, 0.29) is 5.91 Å². The first-order valence-corrected chi connectivity index (χ1v) is 5.69. The summed E-state index contributed by atoms with van der Waals surface area (Å²) < 4.78 is 5.05. The second kappa shape index (κ2) is 4.99. The Kier molecular flexibility index (Phi) is 3.91. The van der Waals surface area contributed by atoms with E-state index in [4.69, 9.17) is 10.00 Å². The van der Waals surface area contributed by atoms with Gasteiger partial charge in [0, 0.05) is 6.54 Å². The van der Waals surface area contributed by atoms with E-state index in [2.05, 4.69) is 11.4 Å². The van der Waals surface area contributed by atoms with Crippen molar-refractivity contribution in [3.63, 3.8) is 0 Å². The molecule has 16 heavy (non-hydrogen) atoms. The van der Waals surface area contributed by atoms with Crippen LogP contribution in [0.4, 0.5) is 0 Å². The van der Waals surface area contributed by atoms with Gasteiger partial charge in [-0.2, -0.15) is 5.26 Å². The summed E-state index contributed by atoms with van der Waals surface area (Å²) in [7, 11) is 1.53. The smallest absolute Gasteiger partial charge is 0.265 e. The van der Waals surface area contributed by atoms with Gasteiger partial charge in [0.2, 0.25) is 0 Å². The molecule has 0 saturated heterocycles. The number of carbonyl (C=O) groups excluding carboxylic acids is 1. The fourth-order valence-electron chi connectivity index (χ4n) is 1.04. The first-order valence-electron chi connectivity index (χ1n) is 4.81. The summed E-state index contributed by atoms with van der Waals surface area (Å²) in [4.78, 5) is 12.3. The molecule has 1 rings (SSSR count). The molecule has 1 amide bonds. The molecule has 0 spiro atoms. The highest BCUT2D eigenvalue weighted by molar-refractivity contribution is 7.12. The van der Waals surface area contributed by atoms with Crippen LogP contribution in [0, 0.1) is 16.7 Å². The largest absolute Gasteiger partial charge is 0.495 e. The summed E-state index contributed by atoms with van der Waals surface area (Å²) in [5, 5.41) is 13.3. The van der Waals surface area contributed by atoms with Crippen LogP contribution in [0.5, 0.6) is 5.75 Å². The minimum absolute atomic E-state index is 0.199. The van der Waals surface area contributed by atoms with E-state index in [9.17, 15) is 4.79 Å². The fourth-order valence-corrected chi connectivity index (χ4v) is 1.82. The average Bonchev–Trinajstić information content (AvgIpc) is 2.74. The Morgan fingerprint density at radius 3 is 2.94 bits per heavy atom. The number of rotatable bonds is 4. The maximum absolute atomic E-state index is 11.8. The molecule has 5 heteroatoms. The Labute approximate surface area is 98.8 Å². The molecule has 86 valence electrons. The zero-order valence-electron chi connectivity index (χ0n) is 9.53. The lowest BCUT2D eigenvalue weighted by atomic mass is 9.96. The number of thiophene rings is 1. The Morgan fingerprint density at radius 1 is 1.69 bits per heavy atom. The topological polar surface area (TPSA) is 62.1 Å². The van der Waals surface area contributed by atoms with Crippen LogP contribution in [0.15, 0.2) is 11.4 Å². The van der Waals surface area contributed by atoms with Crippen molar-refractivity contribution in [2.45, 2.75) is 13.8 Å². The number of carbonyl (C=O) groups is 1. The molecule has 0 aliphatic rings. The van der Waals surface area contributed by atoms with E-state index in [1.54, 1.807) is 25.3 Å². The van der Waals surface area contributed by atoms with Crippen LogP contribution in [0.25, 0.3) is 0 Å². The highest BCUT2D eigenvalue weighted by Gasteiger charge is 2.20. The van der Waals surface area contributed by atoms with Crippen molar-refractivity contribution < 1.29 is 9.53 Å². The number of nitriles is 1. The van der Waals surface area contributed by atoms with Crippen molar-refractivity contribution in [1.29, 1.82) is 5.26 Å². The van der Waals surface area contributed by atoms with Gasteiger partial charge in [-0.3, -0.25) is 4.79 Å². The minimum atomic E-state index is -0.555. The number of hydrogen-bond donors (Lipinski definition) is 1. The third-order valence-corrected chi connectivity index (χ3v) is 2.94. The van der Waals surface area contributed by atoms with Crippen LogP contribution >= 0.6 is 11.3 Å². The van der Waals surface area contributed by atoms with Gasteiger partial charge in [-0.1, -0.05) is 0 Å². The molecule has 0 radical (unpaired) electrons. The molecule has 0 aromatic carbocycles. The predicted octanol–water partition coefficient (Wildman–Crippen LogP) is 2.04. The monoisotopic (exact) mass is 238 g/mol. The van der Waals surface area contributed by atoms with Gasteiger partial charge in [-0.05, 0) is 25.3 Å². The average molecular weight is 238 g/mol. The SMILES string of the molecule is COc1ccsc1C(=O)NCC(C)(C)C#N. The summed E-state index contributed by atoms with van der Waals surface area (Å²) in [5.41, 5.74) is -0.555. The van der Waals surface area contributed by atoms with Crippen molar-refractivity contribution in [3.05, 3.63) is 16.3 Å². The molecular formula is C11H14N2O2S. The molecule has 0 unspecified atom stereocenters. The Balaban J connectivity index is 2.64. The third-order valence-electron chi connectivity index (χ3n) is 2.05. The van der Waals surface area contributed by atoms with Gasteiger partial charge >= 0.3 is 0 Å². The van der Waals surface area contributed by atoms with Crippen molar-refractivity contribution >= 4 is 17.2 Å². The molecular weight excluding hydrogens is 224 g/mol. The number of methoxy groups -OCH3 is 1. The van der Waals surface area contributed by atoms with E-state index in [1.165, 1.54) is 18.4 Å². The van der Waals surface area contributed by atoms with Crippen LogP contribution in [-0.2, 0) is 0 Å². The van der Waals surface area contributed by atoms with Crippen LogP contribution in [0.2, 0.25) is 0 Å². The second-order valence-corrected chi connectivity index (χ2v) is 4.91. The normalized spacial score (nSPS) is 10.6. The summed E-state index contributed by atoms with van der Waals surface area (Å²) in [6, 6.07) is 3.87. The maximum atomic E-state index is 11.8. The third kappa shape index (κ3) is 2.97. The van der Waals surface area contributed by atoms with E-state index < -0.39 is 5.41 Å². The van der Waals surface area contributed by atoms with E-state index in [0.29, 0.717) is 17.2 Å². The predicted molar refractivity (Wildman–Crippen MR) is 62.6 cm³/mol. The highest BCUT2D eigenvalue weighted by Crippen LogP contribution is 2.24. The van der Waals surface area contributed by atoms with Crippen molar-refractivity contribution in [1.82, 2.24) is 5.32 Å². The van der Waals surface area contributed by atoms with E-state index in [1.807, 2.05) is 0 Å². The molecule has 0 aliphatic heterocycles. The van der Waals surface area contributed by atoms with Crippen LogP contribution in [0.3, 0.4) is 0 Å². The molecule has 0 aliphatic carbocycles. The Morgan fingerprint density at radius 2 is 2.38 bits per heavy atom. The van der Waals surface area contributed by atoms with Crippen LogP contribution in [0.1, 0.15) is 23.5 Å². The van der Waals surface area contributed by atoms with Gasteiger partial charge in [-0.15, -0.1) is 11.3 Å². The van der Waals surface area contributed by atoms with Crippen molar-refractivity contribution in [3.8, 4) is 11.8 Å². The fraction of sp³-hybridized carbons (Fsp3) is 0.455. The molecule has 0 saturated carbocycles. The van der Waals surface area contributed by atoms with Gasteiger partial charge in [0.15, 0.2) is 0 Å². The zero-order valence-corrected chi connectivity index (χ0v) is 10.4. The molecule has 4 nitrogen and oxygen atoms in total. The van der Waals surface area contributed by atoms with Gasteiger partial charge in [0.1, 0.15) is 10.6 Å². The molecule has 1 N–H and O–H groups in total. The lowest BCUT2D eigenvalue weighted by Crippen LogP contribution is -2.32. The maximum Gasteiger partial charge on any atom is 0.265 e. The first kappa shape index (κ1) is 12.5. The molecule has 1 aromatic rings. The summed E-state index contributed by atoms with van der Waals surface area (Å²) in [6.45, 7) is 3.88. The van der Waals surface area contributed by atoms with E-state index in [0.717, 1.165) is 0 Å². The Hall–Kier alpha value is -1.54. The van der Waals surface area contributed by atoms with Gasteiger partial charge in [0.25, 0.3) is 5.91 Å². The summed E-state index contributed by atoms with van der Waals surface area (Å²) in [6.07, 6.45) is 0. The second-order valence-electron chi connectivity index (χ2n) is 4.00. The van der Waals surface area contributed by atoms with Gasteiger partial charge in [0.05, 0.1) is 18.6 Å². The van der Waals surface area contributed by atoms with Crippen molar-refractivity contribution in [2.24, 2.45) is 5.41 Å². The quantitative estimate of drug-likeness (QED) is 0.873. The van der Waals surface area contributed by atoms with E-state index >= 15 is 0 Å². The molecule has 0 atom stereocenters. The first-order chi connectivity index (χ1) is 7.50. The minimum Gasteiger partial charge on any atom is -0.495 e. The number of ether oxygens (including phenoxy) is 1. The number of amides is 1. The number of nitrogens with one attached hydrogen (secondary N) is 1. The molecule has 0 bridgehead atoms. The number of hydrogen-bond acceptors (Lipinski definition) is 4. The lowest BCUT2D eigenvalue weighted by molar-refractivity contribution is 0.0945. The van der Waals surface area contributed by atoms with Gasteiger partial charge in [-0.25, -0.2) is 0 Å². The standard InChI is InChI=1S/C11H14N2O2S/c1-11(2,6-12)7-13-10(14)9-8(15-3)4-5-16-9/h4-5H,7H2,1-3H3,(H,13,14). The van der Waals surface area contributed by atoms with Crippen LogP contribution < -0.4 is 10.1 Å². The molecule has 0 fully saturated rings. The molecule has 1 heterocycles. The number of nitrogens with zero attached hydrogens (tertiary/aromatic N) is 1. The summed E-state index contributed by atoms with van der Waals surface area (Å²) in [5.74, 6) is 0.368. The van der Waals surface area contributed by atoms with Crippen LogP contribution in [-0.4, -0.2) is 19.6 Å². The highest BCUT2D eigenvalue weighted by atomic mass is 32.1. The van der Waals surface area contributed by atoms with Crippen molar-refractivity contribution in [2.75, 3.05) is 13.7 Å². The van der Waals surface area contributed by atoms with Gasteiger partial charge < -0.3 is 10.1 Å².